The van der Waals surface area contributed by atoms with E-state index in [-0.39, 0.29) is 20.3 Å². The van der Waals surface area contributed by atoms with Gasteiger partial charge in [0.2, 0.25) is 0 Å². The Morgan fingerprint density at radius 2 is 2.00 bits per heavy atom. The van der Waals surface area contributed by atoms with E-state index in [4.69, 9.17) is 5.84 Å². The first-order chi connectivity index (χ1) is 9.67. The normalized spacial score (nSPS) is 19.4. The van der Waals surface area contributed by atoms with E-state index in [0.29, 0.717) is 13.1 Å². The summed E-state index contributed by atoms with van der Waals surface area (Å²) >= 11 is 0.781. The van der Waals surface area contributed by atoms with Gasteiger partial charge < -0.3 is 5.43 Å². The number of nitrogen functional groups attached to an aromatic ring is 1. The predicted octanol–water partition coefficient (Wildman–Crippen LogP) is 1.75. The van der Waals surface area contributed by atoms with E-state index in [1.807, 2.05) is 0 Å². The molecular formula is C11H18N4O4S2. The monoisotopic (exact) mass is 334 g/mol. The number of hydrazine groups is 1. The van der Waals surface area contributed by atoms with Crippen LogP contribution in [0.25, 0.3) is 0 Å². The lowest BCUT2D eigenvalue weighted by Crippen LogP contribution is -2.40. The maximum absolute atomic E-state index is 12.5. The van der Waals surface area contributed by atoms with E-state index in [1.165, 1.54) is 4.31 Å². The number of piperidine rings is 1. The molecule has 0 saturated carbocycles. The molecule has 0 atom stereocenters. The standard InChI is InChI=1S/C11H18N4O4S2/c1-11(2)3-5-14(6-4-11)21(18,19)9-7-8(15(16)17)10(13-12)20-9/h7,13H,3-6,12H2,1-2H3. The molecule has 118 valence electrons. The number of hydrogen-bond donors (Lipinski definition) is 2. The second-order valence-electron chi connectivity index (χ2n) is 5.75. The van der Waals surface area contributed by atoms with Crippen LogP contribution in [-0.2, 0) is 10.0 Å². The summed E-state index contributed by atoms with van der Waals surface area (Å²) in [6.07, 6.45) is 1.53. The second-order valence-corrected chi connectivity index (χ2v) is 8.97. The fourth-order valence-corrected chi connectivity index (χ4v) is 5.02. The van der Waals surface area contributed by atoms with Crippen molar-refractivity contribution in [1.29, 1.82) is 0 Å². The maximum Gasteiger partial charge on any atom is 0.306 e. The van der Waals surface area contributed by atoms with Gasteiger partial charge in [-0.05, 0) is 18.3 Å². The Labute approximate surface area is 127 Å². The molecule has 1 aliphatic heterocycles. The highest BCUT2D eigenvalue weighted by Crippen LogP contribution is 2.39. The van der Waals surface area contributed by atoms with Gasteiger partial charge >= 0.3 is 5.69 Å². The van der Waals surface area contributed by atoms with Crippen molar-refractivity contribution < 1.29 is 13.3 Å². The average Bonchev–Trinajstić information content (AvgIpc) is 2.83. The first-order valence-electron chi connectivity index (χ1n) is 6.42. The number of nitrogens with zero attached hydrogens (tertiary/aromatic N) is 2. The summed E-state index contributed by atoms with van der Waals surface area (Å²) in [6.45, 7) is 5.05. The predicted molar refractivity (Wildman–Crippen MR) is 80.6 cm³/mol. The van der Waals surface area contributed by atoms with Crippen LogP contribution in [0.1, 0.15) is 26.7 Å². The number of nitro groups is 1. The van der Waals surface area contributed by atoms with Crippen LogP contribution in [0, 0.1) is 15.5 Å². The van der Waals surface area contributed by atoms with Crippen LogP contribution in [-0.4, -0.2) is 30.7 Å². The molecule has 3 N–H and O–H groups in total. The number of hydrogen-bond acceptors (Lipinski definition) is 7. The molecule has 1 aliphatic rings. The third-order valence-electron chi connectivity index (χ3n) is 3.69. The topological polar surface area (TPSA) is 119 Å². The van der Waals surface area contributed by atoms with Crippen molar-refractivity contribution in [2.75, 3.05) is 18.5 Å². The first-order valence-corrected chi connectivity index (χ1v) is 8.68. The lowest BCUT2D eigenvalue weighted by Gasteiger charge is -2.35. The van der Waals surface area contributed by atoms with E-state index >= 15 is 0 Å². The zero-order chi connectivity index (χ0) is 15.8. The minimum absolute atomic E-state index is 0.0379. The molecule has 2 rings (SSSR count). The Morgan fingerprint density at radius 3 is 2.43 bits per heavy atom. The zero-order valence-corrected chi connectivity index (χ0v) is 13.5. The largest absolute Gasteiger partial charge is 0.310 e. The van der Waals surface area contributed by atoms with Crippen LogP contribution >= 0.6 is 11.3 Å². The number of sulfonamides is 1. The van der Waals surface area contributed by atoms with Crippen LogP contribution in [0.2, 0.25) is 0 Å². The summed E-state index contributed by atoms with van der Waals surface area (Å²) in [5.74, 6) is 5.21. The van der Waals surface area contributed by atoms with E-state index in [9.17, 15) is 18.5 Å². The number of anilines is 1. The third kappa shape index (κ3) is 3.18. The van der Waals surface area contributed by atoms with E-state index < -0.39 is 14.9 Å². The SMILES string of the molecule is CC1(C)CCN(S(=O)(=O)c2cc([N+](=O)[O-])c(NN)s2)CC1. The molecule has 0 spiro atoms. The smallest absolute Gasteiger partial charge is 0.306 e. The van der Waals surface area contributed by atoms with Gasteiger partial charge in [0.05, 0.1) is 4.92 Å². The van der Waals surface area contributed by atoms with Crippen molar-refractivity contribution in [3.8, 4) is 0 Å². The van der Waals surface area contributed by atoms with Crippen molar-refractivity contribution in [3.63, 3.8) is 0 Å². The number of nitrogens with one attached hydrogen (secondary N) is 1. The summed E-state index contributed by atoms with van der Waals surface area (Å²) in [5.41, 5.74) is 1.98. The quantitative estimate of drug-likeness (QED) is 0.492. The fraction of sp³-hybridized carbons (Fsp3) is 0.636. The van der Waals surface area contributed by atoms with Crippen LogP contribution in [0.15, 0.2) is 10.3 Å². The molecule has 0 radical (unpaired) electrons. The van der Waals surface area contributed by atoms with Crippen molar-refractivity contribution in [2.45, 2.75) is 30.9 Å². The van der Waals surface area contributed by atoms with E-state index in [0.717, 1.165) is 30.2 Å². The third-order valence-corrected chi connectivity index (χ3v) is 7.09. The Hall–Kier alpha value is -1.23. The molecule has 1 aromatic heterocycles. The Kier molecular flexibility index (Phi) is 4.24. The highest BCUT2D eigenvalue weighted by atomic mass is 32.2. The molecule has 2 heterocycles. The lowest BCUT2D eigenvalue weighted by molar-refractivity contribution is -0.383. The molecular weight excluding hydrogens is 316 g/mol. The van der Waals surface area contributed by atoms with Gasteiger partial charge in [-0.25, -0.2) is 14.3 Å². The number of rotatable bonds is 4. The van der Waals surface area contributed by atoms with Crippen molar-refractivity contribution in [1.82, 2.24) is 4.31 Å². The summed E-state index contributed by atoms with van der Waals surface area (Å²) in [4.78, 5) is 10.2. The molecule has 10 heteroatoms. The molecule has 0 bridgehead atoms. The number of thiophene rings is 1. The molecule has 0 unspecified atom stereocenters. The fourth-order valence-electron chi connectivity index (χ4n) is 2.18. The molecule has 8 nitrogen and oxygen atoms in total. The van der Waals surface area contributed by atoms with Gasteiger partial charge in [0.1, 0.15) is 4.21 Å². The lowest BCUT2D eigenvalue weighted by atomic mass is 9.83. The van der Waals surface area contributed by atoms with Gasteiger partial charge in [0.15, 0.2) is 5.00 Å². The van der Waals surface area contributed by atoms with Gasteiger partial charge in [-0.1, -0.05) is 25.2 Å². The molecule has 21 heavy (non-hydrogen) atoms. The first kappa shape index (κ1) is 16.1. The Morgan fingerprint density at radius 1 is 1.43 bits per heavy atom. The molecule has 0 aromatic carbocycles. The van der Waals surface area contributed by atoms with Gasteiger partial charge in [-0.2, -0.15) is 4.31 Å². The second kappa shape index (κ2) is 5.52. The van der Waals surface area contributed by atoms with Gasteiger partial charge in [-0.3, -0.25) is 10.1 Å². The zero-order valence-electron chi connectivity index (χ0n) is 11.8. The summed E-state index contributed by atoms with van der Waals surface area (Å²) in [7, 11) is -3.71. The highest BCUT2D eigenvalue weighted by Gasteiger charge is 2.35. The Bertz CT molecular complexity index is 643. The van der Waals surface area contributed by atoms with Crippen LogP contribution in [0.5, 0.6) is 0 Å². The number of nitrogens with two attached hydrogens (primary N) is 1. The van der Waals surface area contributed by atoms with Gasteiger partial charge in [0.25, 0.3) is 10.0 Å². The summed E-state index contributed by atoms with van der Waals surface area (Å²) < 4.78 is 26.4. The van der Waals surface area contributed by atoms with Crippen molar-refractivity contribution in [2.24, 2.45) is 11.3 Å². The van der Waals surface area contributed by atoms with Crippen LogP contribution in [0.3, 0.4) is 0 Å². The summed E-state index contributed by atoms with van der Waals surface area (Å²) in [6, 6.07) is 1.06. The van der Waals surface area contributed by atoms with Crippen molar-refractivity contribution >= 4 is 32.0 Å². The summed E-state index contributed by atoms with van der Waals surface area (Å²) in [5, 5.41) is 10.9. The molecule has 0 amide bonds. The minimum atomic E-state index is -3.71. The molecule has 1 aromatic rings. The van der Waals surface area contributed by atoms with E-state index in [1.54, 1.807) is 0 Å². The molecule has 1 fully saturated rings. The highest BCUT2D eigenvalue weighted by molar-refractivity contribution is 7.91. The van der Waals surface area contributed by atoms with Crippen molar-refractivity contribution in [3.05, 3.63) is 16.2 Å². The molecule has 1 saturated heterocycles. The maximum atomic E-state index is 12.5. The van der Waals surface area contributed by atoms with Gasteiger partial charge in [0, 0.05) is 19.2 Å². The van der Waals surface area contributed by atoms with Gasteiger partial charge in [-0.15, -0.1) is 0 Å². The molecule has 0 aliphatic carbocycles. The van der Waals surface area contributed by atoms with Crippen LogP contribution in [0.4, 0.5) is 10.7 Å². The minimum Gasteiger partial charge on any atom is -0.310 e. The van der Waals surface area contributed by atoms with Crippen LogP contribution < -0.4 is 11.3 Å². The Balaban J connectivity index is 2.30. The average molecular weight is 334 g/mol. The van der Waals surface area contributed by atoms with E-state index in [2.05, 4.69) is 19.3 Å².